The summed E-state index contributed by atoms with van der Waals surface area (Å²) >= 11 is 3.17. The first kappa shape index (κ1) is 21.8. The number of rotatable bonds is 7. The molecule has 0 unspecified atom stereocenters. The number of anilines is 2. The highest BCUT2D eigenvalue weighted by Crippen LogP contribution is 2.31. The largest absolute Gasteiger partial charge is 0.462 e. The topological polar surface area (TPSA) is 69.5 Å². The van der Waals surface area contributed by atoms with E-state index in [0.29, 0.717) is 26.5 Å². The van der Waals surface area contributed by atoms with Gasteiger partial charge in [-0.25, -0.2) is 19.2 Å². The van der Waals surface area contributed by atoms with Crippen LogP contribution in [0, 0.1) is 5.82 Å². The van der Waals surface area contributed by atoms with E-state index in [9.17, 15) is 18.0 Å². The van der Waals surface area contributed by atoms with E-state index in [1.165, 1.54) is 24.4 Å². The van der Waals surface area contributed by atoms with Crippen molar-refractivity contribution in [1.82, 2.24) is 14.5 Å². The Kier molecular flexibility index (Phi) is 6.73. The number of carbonyl (C=O) groups is 1. The first-order valence-electron chi connectivity index (χ1n) is 8.67. The number of hydrogen-bond acceptors (Lipinski definition) is 6. The molecule has 7 nitrogen and oxygen atoms in total. The Morgan fingerprint density at radius 1 is 1.30 bits per heavy atom. The number of alkyl halides is 2. The molecule has 0 bridgehead atoms. The summed E-state index contributed by atoms with van der Waals surface area (Å²) in [5, 5.41) is 0.517. The van der Waals surface area contributed by atoms with Gasteiger partial charge in [-0.1, -0.05) is 15.9 Å². The van der Waals surface area contributed by atoms with Crippen LogP contribution in [0.4, 0.5) is 24.8 Å². The second kappa shape index (κ2) is 9.26. The Hall–Kier alpha value is -2.92. The minimum absolute atomic E-state index is 0.221. The summed E-state index contributed by atoms with van der Waals surface area (Å²) in [6.45, 7) is -1.34. The Labute approximate surface area is 178 Å². The molecule has 0 saturated carbocycles. The van der Waals surface area contributed by atoms with Crippen molar-refractivity contribution in [2.75, 3.05) is 11.7 Å². The van der Waals surface area contributed by atoms with Crippen LogP contribution < -0.4 is 5.06 Å². The highest BCUT2D eigenvalue weighted by atomic mass is 79.9. The monoisotopic (exact) mass is 484 g/mol. The highest BCUT2D eigenvalue weighted by molar-refractivity contribution is 9.10. The van der Waals surface area contributed by atoms with E-state index in [0.717, 1.165) is 6.07 Å². The Balaban J connectivity index is 2.04. The SMILES string of the molecule is CCOC(=O)c1cc(-c2ccnc(N(OC(F)F)c3cc(Br)ccc3F)n2)n(C)c1. The second-order valence-electron chi connectivity index (χ2n) is 5.94. The van der Waals surface area contributed by atoms with Crippen molar-refractivity contribution in [2.45, 2.75) is 13.5 Å². The van der Waals surface area contributed by atoms with Crippen LogP contribution >= 0.6 is 15.9 Å². The second-order valence-corrected chi connectivity index (χ2v) is 6.86. The average Bonchev–Trinajstić information content (AvgIpc) is 3.10. The van der Waals surface area contributed by atoms with Gasteiger partial charge in [0.05, 0.1) is 23.6 Å². The van der Waals surface area contributed by atoms with Gasteiger partial charge in [-0.05, 0) is 37.3 Å². The molecular weight excluding hydrogens is 469 g/mol. The maximum Gasteiger partial charge on any atom is 0.365 e. The van der Waals surface area contributed by atoms with Gasteiger partial charge in [0.15, 0.2) is 0 Å². The number of halogens is 4. The van der Waals surface area contributed by atoms with Gasteiger partial charge in [-0.2, -0.15) is 18.7 Å². The van der Waals surface area contributed by atoms with E-state index >= 15 is 0 Å². The van der Waals surface area contributed by atoms with Gasteiger partial charge in [0.2, 0.25) is 0 Å². The van der Waals surface area contributed by atoms with Gasteiger partial charge in [0.25, 0.3) is 5.95 Å². The zero-order chi connectivity index (χ0) is 21.8. The van der Waals surface area contributed by atoms with Crippen molar-refractivity contribution in [3.8, 4) is 11.4 Å². The van der Waals surface area contributed by atoms with Crippen LogP contribution in [-0.4, -0.2) is 33.7 Å². The third-order valence-corrected chi connectivity index (χ3v) is 4.41. The van der Waals surface area contributed by atoms with Gasteiger partial charge in [0.1, 0.15) is 11.5 Å². The molecule has 0 atom stereocenters. The van der Waals surface area contributed by atoms with Crippen LogP contribution in [0.1, 0.15) is 17.3 Å². The molecule has 1 aromatic carbocycles. The molecule has 0 spiro atoms. The number of ether oxygens (including phenoxy) is 1. The van der Waals surface area contributed by atoms with Crippen LogP contribution in [0.15, 0.2) is 47.2 Å². The number of nitrogens with zero attached hydrogens (tertiary/aromatic N) is 4. The Morgan fingerprint density at radius 2 is 2.07 bits per heavy atom. The summed E-state index contributed by atoms with van der Waals surface area (Å²) < 4.78 is 47.4. The molecule has 0 radical (unpaired) electrons. The standard InChI is InChI=1S/C19H16BrF3N4O3/c1-3-29-17(28)11-8-16(26(2)10-11)14-6-7-24-19(25-14)27(30-18(22)23)15-9-12(20)4-5-13(15)21/h4-10,18H,3H2,1-2H3. The maximum atomic E-state index is 14.3. The summed E-state index contributed by atoms with van der Waals surface area (Å²) in [6.07, 6.45) is 2.86. The third kappa shape index (κ3) is 4.79. The van der Waals surface area contributed by atoms with Crippen LogP contribution in [0.5, 0.6) is 0 Å². The molecule has 30 heavy (non-hydrogen) atoms. The number of esters is 1. The maximum absolute atomic E-state index is 14.3. The van der Waals surface area contributed by atoms with Gasteiger partial charge in [-0.15, -0.1) is 0 Å². The molecule has 0 aliphatic heterocycles. The smallest absolute Gasteiger partial charge is 0.365 e. The quantitative estimate of drug-likeness (QED) is 0.352. The molecule has 2 heterocycles. The van der Waals surface area contributed by atoms with Crippen molar-refractivity contribution in [3.05, 3.63) is 58.6 Å². The summed E-state index contributed by atoms with van der Waals surface area (Å²) in [6, 6.07) is 6.83. The van der Waals surface area contributed by atoms with E-state index in [-0.39, 0.29) is 18.2 Å². The lowest BCUT2D eigenvalue weighted by molar-refractivity contribution is -0.130. The summed E-state index contributed by atoms with van der Waals surface area (Å²) in [4.78, 5) is 24.6. The minimum atomic E-state index is -3.25. The van der Waals surface area contributed by atoms with Gasteiger partial charge in [0, 0.05) is 23.9 Å². The predicted octanol–water partition coefficient (Wildman–Crippen LogP) is 4.85. The van der Waals surface area contributed by atoms with Crippen molar-refractivity contribution in [2.24, 2.45) is 7.05 Å². The lowest BCUT2D eigenvalue weighted by Crippen LogP contribution is -2.24. The molecule has 11 heteroatoms. The molecule has 0 aliphatic rings. The van der Waals surface area contributed by atoms with E-state index in [1.807, 2.05) is 0 Å². The van der Waals surface area contributed by atoms with Crippen molar-refractivity contribution < 1.29 is 27.5 Å². The lowest BCUT2D eigenvalue weighted by Gasteiger charge is -2.22. The van der Waals surface area contributed by atoms with Crippen LogP contribution in [0.2, 0.25) is 0 Å². The predicted molar refractivity (Wildman–Crippen MR) is 106 cm³/mol. The minimum Gasteiger partial charge on any atom is -0.462 e. The molecule has 0 N–H and O–H groups in total. The molecule has 0 amide bonds. The van der Waals surface area contributed by atoms with Gasteiger partial charge < -0.3 is 9.30 Å². The molecular formula is C19H16BrF3N4O3. The third-order valence-electron chi connectivity index (χ3n) is 3.92. The van der Waals surface area contributed by atoms with Gasteiger partial charge >= 0.3 is 12.6 Å². The molecule has 158 valence electrons. The normalized spacial score (nSPS) is 11.0. The fraction of sp³-hybridized carbons (Fsp3) is 0.211. The Morgan fingerprint density at radius 3 is 2.77 bits per heavy atom. The van der Waals surface area contributed by atoms with E-state index in [4.69, 9.17) is 4.74 Å². The van der Waals surface area contributed by atoms with Gasteiger partial charge in [-0.3, -0.25) is 0 Å². The fourth-order valence-electron chi connectivity index (χ4n) is 2.67. The fourth-order valence-corrected chi connectivity index (χ4v) is 3.02. The molecule has 2 aromatic heterocycles. The zero-order valence-electron chi connectivity index (χ0n) is 15.9. The Bertz CT molecular complexity index is 1060. The summed E-state index contributed by atoms with van der Waals surface area (Å²) in [5.41, 5.74) is 0.791. The van der Waals surface area contributed by atoms with Crippen LogP contribution in [-0.2, 0) is 16.6 Å². The highest BCUT2D eigenvalue weighted by Gasteiger charge is 2.23. The number of hydrogen-bond donors (Lipinski definition) is 0. The van der Waals surface area contributed by atoms with Crippen molar-refractivity contribution in [1.29, 1.82) is 0 Å². The number of benzene rings is 1. The van der Waals surface area contributed by atoms with Crippen molar-refractivity contribution in [3.63, 3.8) is 0 Å². The van der Waals surface area contributed by atoms with E-state index < -0.39 is 18.4 Å². The van der Waals surface area contributed by atoms with Crippen LogP contribution in [0.25, 0.3) is 11.4 Å². The van der Waals surface area contributed by atoms with Crippen molar-refractivity contribution >= 4 is 33.5 Å². The average molecular weight is 485 g/mol. The first-order chi connectivity index (χ1) is 14.3. The molecule has 0 aliphatic carbocycles. The molecule has 0 fully saturated rings. The van der Waals surface area contributed by atoms with E-state index in [1.54, 1.807) is 30.8 Å². The van der Waals surface area contributed by atoms with E-state index in [2.05, 4.69) is 30.7 Å². The zero-order valence-corrected chi connectivity index (χ0v) is 17.4. The summed E-state index contributed by atoms with van der Waals surface area (Å²) in [7, 11) is 1.68. The summed E-state index contributed by atoms with van der Waals surface area (Å²) in [5.74, 6) is -1.63. The first-order valence-corrected chi connectivity index (χ1v) is 9.46. The lowest BCUT2D eigenvalue weighted by atomic mass is 10.2. The number of aryl methyl sites for hydroxylation is 1. The number of aromatic nitrogens is 3. The number of carbonyl (C=O) groups excluding carboxylic acids is 1. The molecule has 3 aromatic rings. The van der Waals surface area contributed by atoms with Crippen LogP contribution in [0.3, 0.4) is 0 Å². The molecule has 3 rings (SSSR count). The molecule has 0 saturated heterocycles.